The summed E-state index contributed by atoms with van der Waals surface area (Å²) in [7, 11) is 1.79. The zero-order valence-corrected chi connectivity index (χ0v) is 8.41. The standard InChI is InChI=1S/C9H15N5/c1-3-4-5-8(13-11)7-6-12-14(2)9(7)10/h6,8,13H,5,10-11H2,1-2H3. The number of rotatable bonds is 3. The van der Waals surface area contributed by atoms with Gasteiger partial charge in [-0.3, -0.25) is 16.0 Å². The van der Waals surface area contributed by atoms with Gasteiger partial charge < -0.3 is 5.73 Å². The smallest absolute Gasteiger partial charge is 0.126 e. The van der Waals surface area contributed by atoms with Crippen LogP contribution >= 0.6 is 0 Å². The Kier molecular flexibility index (Phi) is 3.51. The number of anilines is 1. The van der Waals surface area contributed by atoms with Crippen LogP contribution in [0.5, 0.6) is 0 Å². The Morgan fingerprint density at radius 1 is 1.71 bits per heavy atom. The number of nitrogens with one attached hydrogen (secondary N) is 1. The van der Waals surface area contributed by atoms with Crippen molar-refractivity contribution in [3.63, 3.8) is 0 Å². The number of nitrogens with two attached hydrogens (primary N) is 2. The summed E-state index contributed by atoms with van der Waals surface area (Å²) in [6, 6.07) is -0.0591. The Morgan fingerprint density at radius 3 is 2.86 bits per heavy atom. The first-order valence-electron chi connectivity index (χ1n) is 4.33. The van der Waals surface area contributed by atoms with E-state index in [-0.39, 0.29) is 6.04 Å². The van der Waals surface area contributed by atoms with Gasteiger partial charge in [0.25, 0.3) is 0 Å². The Balaban J connectivity index is 2.87. The molecule has 0 saturated carbocycles. The normalized spacial score (nSPS) is 11.9. The van der Waals surface area contributed by atoms with Crippen LogP contribution in [0.2, 0.25) is 0 Å². The van der Waals surface area contributed by atoms with Gasteiger partial charge in [-0.15, -0.1) is 11.8 Å². The number of nitrogens with zero attached hydrogens (tertiary/aromatic N) is 2. The first-order valence-corrected chi connectivity index (χ1v) is 4.33. The van der Waals surface area contributed by atoms with Gasteiger partial charge in [-0.25, -0.2) is 0 Å². The van der Waals surface area contributed by atoms with E-state index in [0.717, 1.165) is 5.56 Å². The van der Waals surface area contributed by atoms with E-state index < -0.39 is 0 Å². The molecular weight excluding hydrogens is 178 g/mol. The molecule has 0 fully saturated rings. The first-order chi connectivity index (χ1) is 6.70. The fraction of sp³-hybridized carbons (Fsp3) is 0.444. The molecule has 0 spiro atoms. The van der Waals surface area contributed by atoms with Gasteiger partial charge in [-0.2, -0.15) is 5.10 Å². The zero-order chi connectivity index (χ0) is 10.6. The largest absolute Gasteiger partial charge is 0.384 e. The summed E-state index contributed by atoms with van der Waals surface area (Å²) < 4.78 is 1.61. The lowest BCUT2D eigenvalue weighted by Crippen LogP contribution is -2.28. The van der Waals surface area contributed by atoms with E-state index in [9.17, 15) is 0 Å². The predicted molar refractivity (Wildman–Crippen MR) is 55.8 cm³/mol. The summed E-state index contributed by atoms with van der Waals surface area (Å²) in [5, 5.41) is 4.04. The van der Waals surface area contributed by atoms with Crippen LogP contribution in [0.15, 0.2) is 6.20 Å². The average Bonchev–Trinajstić information content (AvgIpc) is 2.51. The van der Waals surface area contributed by atoms with Crippen molar-refractivity contribution in [1.29, 1.82) is 0 Å². The van der Waals surface area contributed by atoms with Crippen LogP contribution in [0.25, 0.3) is 0 Å². The molecule has 0 aliphatic carbocycles. The lowest BCUT2D eigenvalue weighted by molar-refractivity contribution is 0.569. The summed E-state index contributed by atoms with van der Waals surface area (Å²) in [6.45, 7) is 1.79. The van der Waals surface area contributed by atoms with Crippen molar-refractivity contribution < 1.29 is 0 Å². The monoisotopic (exact) mass is 193 g/mol. The van der Waals surface area contributed by atoms with Gasteiger partial charge in [0.05, 0.1) is 12.2 Å². The molecule has 0 amide bonds. The predicted octanol–water partition coefficient (Wildman–Crippen LogP) is -0.0799. The van der Waals surface area contributed by atoms with Gasteiger partial charge in [0.1, 0.15) is 5.82 Å². The Hall–Kier alpha value is -1.51. The van der Waals surface area contributed by atoms with Crippen molar-refractivity contribution in [3.05, 3.63) is 11.8 Å². The number of hydrogen-bond acceptors (Lipinski definition) is 4. The Labute approximate surface area is 83.4 Å². The molecule has 0 bridgehead atoms. The first kappa shape index (κ1) is 10.6. The van der Waals surface area contributed by atoms with Gasteiger partial charge in [0, 0.05) is 19.0 Å². The van der Waals surface area contributed by atoms with Crippen molar-refractivity contribution in [1.82, 2.24) is 15.2 Å². The molecule has 1 unspecified atom stereocenters. The fourth-order valence-corrected chi connectivity index (χ4v) is 1.20. The minimum atomic E-state index is -0.0591. The number of aryl methyl sites for hydroxylation is 1. The second-order valence-corrected chi connectivity index (χ2v) is 2.96. The minimum absolute atomic E-state index is 0.0591. The quantitative estimate of drug-likeness (QED) is 0.356. The van der Waals surface area contributed by atoms with Gasteiger partial charge in [0.15, 0.2) is 0 Å². The molecule has 1 aromatic rings. The highest BCUT2D eigenvalue weighted by atomic mass is 15.3. The highest BCUT2D eigenvalue weighted by Crippen LogP contribution is 2.20. The maximum atomic E-state index is 5.81. The summed E-state index contributed by atoms with van der Waals surface area (Å²) in [5.41, 5.74) is 9.37. The summed E-state index contributed by atoms with van der Waals surface area (Å²) in [5.74, 6) is 11.8. The van der Waals surface area contributed by atoms with Crippen molar-refractivity contribution in [3.8, 4) is 11.8 Å². The lowest BCUT2D eigenvalue weighted by Gasteiger charge is -2.11. The second kappa shape index (κ2) is 4.65. The number of hydrogen-bond donors (Lipinski definition) is 3. The van der Waals surface area contributed by atoms with Crippen LogP contribution in [-0.2, 0) is 7.05 Å². The number of nitrogen functional groups attached to an aromatic ring is 1. The van der Waals surface area contributed by atoms with E-state index >= 15 is 0 Å². The summed E-state index contributed by atoms with van der Waals surface area (Å²) in [4.78, 5) is 0. The van der Waals surface area contributed by atoms with Crippen LogP contribution in [0.3, 0.4) is 0 Å². The van der Waals surface area contributed by atoms with Crippen molar-refractivity contribution in [2.75, 3.05) is 5.73 Å². The molecule has 5 nitrogen and oxygen atoms in total. The van der Waals surface area contributed by atoms with E-state index in [1.165, 1.54) is 0 Å². The molecule has 0 aliphatic rings. The van der Waals surface area contributed by atoms with Crippen LogP contribution in [0.1, 0.15) is 24.9 Å². The highest BCUT2D eigenvalue weighted by Gasteiger charge is 2.14. The van der Waals surface area contributed by atoms with Gasteiger partial charge in [-0.05, 0) is 6.92 Å². The lowest BCUT2D eigenvalue weighted by atomic mass is 10.1. The van der Waals surface area contributed by atoms with Crippen molar-refractivity contribution in [2.45, 2.75) is 19.4 Å². The molecule has 14 heavy (non-hydrogen) atoms. The second-order valence-electron chi connectivity index (χ2n) is 2.96. The number of hydrazine groups is 1. The highest BCUT2D eigenvalue weighted by molar-refractivity contribution is 5.41. The van der Waals surface area contributed by atoms with E-state index in [0.29, 0.717) is 12.2 Å². The molecule has 1 rings (SSSR count). The summed E-state index contributed by atoms with van der Waals surface area (Å²) >= 11 is 0. The average molecular weight is 193 g/mol. The molecule has 0 aromatic carbocycles. The zero-order valence-electron chi connectivity index (χ0n) is 8.41. The molecule has 5 heteroatoms. The van der Waals surface area contributed by atoms with E-state index in [1.54, 1.807) is 24.9 Å². The third-order valence-corrected chi connectivity index (χ3v) is 2.07. The third kappa shape index (κ3) is 2.05. The molecule has 0 saturated heterocycles. The van der Waals surface area contributed by atoms with Gasteiger partial charge in [-0.1, -0.05) is 0 Å². The van der Waals surface area contributed by atoms with E-state index in [2.05, 4.69) is 22.4 Å². The molecule has 1 heterocycles. The SMILES string of the molecule is CC#CCC(NN)c1cnn(C)c1N. The molecule has 5 N–H and O–H groups in total. The van der Waals surface area contributed by atoms with Crippen LogP contribution in [-0.4, -0.2) is 9.78 Å². The van der Waals surface area contributed by atoms with Gasteiger partial charge in [0.2, 0.25) is 0 Å². The van der Waals surface area contributed by atoms with E-state index in [1.807, 2.05) is 0 Å². The maximum Gasteiger partial charge on any atom is 0.126 e. The molecule has 0 radical (unpaired) electrons. The Bertz CT molecular complexity index is 357. The molecule has 1 atom stereocenters. The molecular formula is C9H15N5. The molecule has 76 valence electrons. The molecule has 0 aliphatic heterocycles. The number of aromatic nitrogens is 2. The minimum Gasteiger partial charge on any atom is -0.384 e. The maximum absolute atomic E-state index is 5.81. The van der Waals surface area contributed by atoms with Crippen LogP contribution in [0, 0.1) is 11.8 Å². The van der Waals surface area contributed by atoms with E-state index in [4.69, 9.17) is 11.6 Å². The topological polar surface area (TPSA) is 81.9 Å². The summed E-state index contributed by atoms with van der Waals surface area (Å²) in [6.07, 6.45) is 2.33. The Morgan fingerprint density at radius 2 is 2.43 bits per heavy atom. The van der Waals surface area contributed by atoms with Gasteiger partial charge >= 0.3 is 0 Å². The van der Waals surface area contributed by atoms with Crippen molar-refractivity contribution >= 4 is 5.82 Å². The molecule has 1 aromatic heterocycles. The van der Waals surface area contributed by atoms with Crippen molar-refractivity contribution in [2.24, 2.45) is 12.9 Å². The third-order valence-electron chi connectivity index (χ3n) is 2.07. The van der Waals surface area contributed by atoms with Crippen LogP contribution < -0.4 is 17.0 Å². The fourth-order valence-electron chi connectivity index (χ4n) is 1.20. The van der Waals surface area contributed by atoms with Crippen LogP contribution in [0.4, 0.5) is 5.82 Å².